The van der Waals surface area contributed by atoms with Crippen LogP contribution in [0.2, 0.25) is 0 Å². The van der Waals surface area contributed by atoms with Gasteiger partial charge in [0.25, 0.3) is 0 Å². The Hall–Kier alpha value is -0.910. The zero-order valence-corrected chi connectivity index (χ0v) is 12.2. The maximum Gasteiger partial charge on any atom is 0.222 e. The number of nitrogens with zero attached hydrogens (tertiary/aromatic N) is 1. The topological polar surface area (TPSA) is 81.0 Å². The highest BCUT2D eigenvalue weighted by atomic mass is 16.3. The van der Waals surface area contributed by atoms with Gasteiger partial charge in [-0.25, -0.2) is 0 Å². The molecule has 0 unspecified atom stereocenters. The Morgan fingerprint density at radius 3 is 2.26 bits per heavy atom. The number of carbonyl (C=O) groups excluding carboxylic acids is 1. The van der Waals surface area contributed by atoms with Crippen molar-refractivity contribution in [3.05, 3.63) is 12.2 Å². The molecule has 0 radical (unpaired) electrons. The van der Waals surface area contributed by atoms with Crippen LogP contribution >= 0.6 is 0 Å². The van der Waals surface area contributed by atoms with Gasteiger partial charge in [-0.2, -0.15) is 0 Å². The maximum atomic E-state index is 11.5. The summed E-state index contributed by atoms with van der Waals surface area (Å²) in [6, 6.07) is 0. The predicted octanol–water partition coefficient (Wildman–Crippen LogP) is 0.400. The Bertz CT molecular complexity index is 287. The molecule has 0 rings (SSSR count). The molecule has 19 heavy (non-hydrogen) atoms. The minimum atomic E-state index is -0.443. The highest BCUT2D eigenvalue weighted by Gasteiger charge is 2.21. The van der Waals surface area contributed by atoms with Gasteiger partial charge >= 0.3 is 0 Å². The maximum absolute atomic E-state index is 11.5. The number of hydrogen-bond donors (Lipinski definition) is 3. The zero-order chi connectivity index (χ0) is 14.9. The largest absolute Gasteiger partial charge is 0.396 e. The van der Waals surface area contributed by atoms with E-state index in [-0.39, 0.29) is 31.6 Å². The van der Waals surface area contributed by atoms with Crippen LogP contribution in [0, 0.1) is 11.3 Å². The SMILES string of the molecule is CN(C)C(=O)CC[C@@](C)(/C=C/CC(CO)CO)CO. The summed E-state index contributed by atoms with van der Waals surface area (Å²) in [4.78, 5) is 13.1. The summed E-state index contributed by atoms with van der Waals surface area (Å²) >= 11 is 0. The molecule has 5 nitrogen and oxygen atoms in total. The Morgan fingerprint density at radius 1 is 1.26 bits per heavy atom. The molecule has 0 bridgehead atoms. The molecule has 0 fully saturated rings. The lowest BCUT2D eigenvalue weighted by atomic mass is 9.85. The second-order valence-corrected chi connectivity index (χ2v) is 5.47. The fourth-order valence-corrected chi connectivity index (χ4v) is 1.58. The van der Waals surface area contributed by atoms with Crippen LogP contribution in [0.25, 0.3) is 0 Å². The lowest BCUT2D eigenvalue weighted by Gasteiger charge is -2.24. The Morgan fingerprint density at radius 2 is 1.84 bits per heavy atom. The van der Waals surface area contributed by atoms with Crippen molar-refractivity contribution in [1.29, 1.82) is 0 Å². The molecular formula is C14H27NO4. The number of carbonyl (C=O) groups is 1. The van der Waals surface area contributed by atoms with Crippen molar-refractivity contribution in [3.8, 4) is 0 Å². The fourth-order valence-electron chi connectivity index (χ4n) is 1.58. The van der Waals surface area contributed by atoms with Crippen molar-refractivity contribution < 1.29 is 20.1 Å². The first-order valence-corrected chi connectivity index (χ1v) is 6.59. The number of rotatable bonds is 9. The lowest BCUT2D eigenvalue weighted by Crippen LogP contribution is -2.26. The van der Waals surface area contributed by atoms with E-state index in [2.05, 4.69) is 0 Å². The summed E-state index contributed by atoms with van der Waals surface area (Å²) < 4.78 is 0. The van der Waals surface area contributed by atoms with E-state index in [1.165, 1.54) is 4.90 Å². The normalized spacial score (nSPS) is 14.9. The van der Waals surface area contributed by atoms with Crippen LogP contribution in [0.15, 0.2) is 12.2 Å². The summed E-state index contributed by atoms with van der Waals surface area (Å²) in [5, 5.41) is 27.4. The van der Waals surface area contributed by atoms with E-state index >= 15 is 0 Å². The molecule has 3 N–H and O–H groups in total. The van der Waals surface area contributed by atoms with Gasteiger partial charge in [0.1, 0.15) is 0 Å². The minimum Gasteiger partial charge on any atom is -0.396 e. The molecule has 1 atom stereocenters. The van der Waals surface area contributed by atoms with Crippen LogP contribution in [0.5, 0.6) is 0 Å². The van der Waals surface area contributed by atoms with E-state index in [1.807, 2.05) is 19.1 Å². The number of aliphatic hydroxyl groups excluding tert-OH is 3. The van der Waals surface area contributed by atoms with E-state index in [4.69, 9.17) is 10.2 Å². The van der Waals surface area contributed by atoms with Crippen molar-refractivity contribution in [2.45, 2.75) is 26.2 Å². The molecule has 5 heteroatoms. The van der Waals surface area contributed by atoms with Crippen LogP contribution in [0.3, 0.4) is 0 Å². The van der Waals surface area contributed by atoms with Crippen molar-refractivity contribution in [3.63, 3.8) is 0 Å². The summed E-state index contributed by atoms with van der Waals surface area (Å²) in [7, 11) is 3.42. The van der Waals surface area contributed by atoms with Crippen molar-refractivity contribution in [1.82, 2.24) is 4.90 Å². The molecule has 0 aromatic heterocycles. The molecule has 0 aromatic rings. The van der Waals surface area contributed by atoms with Gasteiger partial charge in [-0.1, -0.05) is 19.1 Å². The highest BCUT2D eigenvalue weighted by molar-refractivity contribution is 5.75. The van der Waals surface area contributed by atoms with Crippen molar-refractivity contribution in [2.24, 2.45) is 11.3 Å². The van der Waals surface area contributed by atoms with Gasteiger partial charge in [0.2, 0.25) is 5.91 Å². The van der Waals surface area contributed by atoms with Gasteiger partial charge in [0, 0.05) is 45.1 Å². The minimum absolute atomic E-state index is 0.0346. The van der Waals surface area contributed by atoms with Crippen LogP contribution in [-0.4, -0.2) is 60.0 Å². The van der Waals surface area contributed by atoms with Crippen molar-refractivity contribution >= 4 is 5.91 Å². The van der Waals surface area contributed by atoms with E-state index in [0.717, 1.165) is 0 Å². The Labute approximate surface area is 115 Å². The standard InChI is InChI=1S/C14H27NO4/c1-14(11-18,8-6-13(19)15(2)3)7-4-5-12(9-16)10-17/h4,7,12,16-18H,5-6,8-11H2,1-3H3/b7-4+/t14-/m1/s1. The Kier molecular flexibility index (Phi) is 8.63. The molecule has 0 aliphatic heterocycles. The van der Waals surface area contributed by atoms with Gasteiger partial charge < -0.3 is 20.2 Å². The second-order valence-electron chi connectivity index (χ2n) is 5.47. The first-order chi connectivity index (χ1) is 8.88. The first-order valence-electron chi connectivity index (χ1n) is 6.59. The quantitative estimate of drug-likeness (QED) is 0.531. The average molecular weight is 273 g/mol. The molecule has 0 heterocycles. The molecule has 1 amide bonds. The van der Waals surface area contributed by atoms with E-state index < -0.39 is 5.41 Å². The molecule has 0 aliphatic rings. The van der Waals surface area contributed by atoms with Crippen LogP contribution in [0.1, 0.15) is 26.2 Å². The summed E-state index contributed by atoms with van der Waals surface area (Å²) in [5.74, 6) is -0.126. The molecular weight excluding hydrogens is 246 g/mol. The summed E-state index contributed by atoms with van der Waals surface area (Å²) in [6.07, 6.45) is 5.24. The number of allylic oxidation sites excluding steroid dienone is 1. The van der Waals surface area contributed by atoms with Crippen LogP contribution < -0.4 is 0 Å². The molecule has 0 aliphatic carbocycles. The summed E-state index contributed by atoms with van der Waals surface area (Å²) in [5.41, 5.74) is -0.443. The molecule has 0 saturated heterocycles. The Balaban J connectivity index is 4.36. The first kappa shape index (κ1) is 18.1. The van der Waals surface area contributed by atoms with Crippen LogP contribution in [0.4, 0.5) is 0 Å². The van der Waals surface area contributed by atoms with E-state index in [1.54, 1.807) is 14.1 Å². The molecule has 0 spiro atoms. The van der Waals surface area contributed by atoms with Gasteiger partial charge in [-0.15, -0.1) is 0 Å². The smallest absolute Gasteiger partial charge is 0.222 e. The molecule has 0 aromatic carbocycles. The van der Waals surface area contributed by atoms with E-state index in [9.17, 15) is 9.90 Å². The lowest BCUT2D eigenvalue weighted by molar-refractivity contribution is -0.129. The number of aliphatic hydroxyl groups is 3. The van der Waals surface area contributed by atoms with E-state index in [0.29, 0.717) is 19.3 Å². The van der Waals surface area contributed by atoms with Gasteiger partial charge in [0.15, 0.2) is 0 Å². The molecule has 112 valence electrons. The third-order valence-electron chi connectivity index (χ3n) is 3.28. The monoisotopic (exact) mass is 273 g/mol. The number of amides is 1. The van der Waals surface area contributed by atoms with Crippen LogP contribution in [-0.2, 0) is 4.79 Å². The van der Waals surface area contributed by atoms with Gasteiger partial charge in [-0.05, 0) is 12.8 Å². The van der Waals surface area contributed by atoms with Crippen molar-refractivity contribution in [2.75, 3.05) is 33.9 Å². The number of hydrogen-bond acceptors (Lipinski definition) is 4. The molecule has 0 saturated carbocycles. The fraction of sp³-hybridized carbons (Fsp3) is 0.786. The third-order valence-corrected chi connectivity index (χ3v) is 3.28. The average Bonchev–Trinajstić information content (AvgIpc) is 2.40. The summed E-state index contributed by atoms with van der Waals surface area (Å²) in [6.45, 7) is 1.73. The zero-order valence-electron chi connectivity index (χ0n) is 12.2. The van der Waals surface area contributed by atoms with Gasteiger partial charge in [0.05, 0.1) is 6.61 Å². The predicted molar refractivity (Wildman–Crippen MR) is 74.5 cm³/mol. The highest BCUT2D eigenvalue weighted by Crippen LogP contribution is 2.25. The van der Waals surface area contributed by atoms with Gasteiger partial charge in [-0.3, -0.25) is 4.79 Å². The third kappa shape index (κ3) is 7.30. The second kappa shape index (κ2) is 9.07.